The zero-order chi connectivity index (χ0) is 9.97. The summed E-state index contributed by atoms with van der Waals surface area (Å²) in [7, 11) is 0. The number of hydrogen-bond donors (Lipinski definition) is 1. The average Bonchev–Trinajstić information content (AvgIpc) is 2.51. The average molecular weight is 194 g/mol. The molecule has 0 aliphatic carbocycles. The van der Waals surface area contributed by atoms with Gasteiger partial charge < -0.3 is 10.5 Å². The summed E-state index contributed by atoms with van der Waals surface area (Å²) in [5.74, 6) is -0.224. The summed E-state index contributed by atoms with van der Waals surface area (Å²) in [6, 6.07) is 6.74. The van der Waals surface area contributed by atoms with Crippen LogP contribution in [0.4, 0.5) is 4.39 Å². The number of nitrogens with zero attached hydrogens (tertiary/aromatic N) is 1. The van der Waals surface area contributed by atoms with E-state index >= 15 is 0 Å². The van der Waals surface area contributed by atoms with Gasteiger partial charge in [0.1, 0.15) is 12.4 Å². The van der Waals surface area contributed by atoms with E-state index in [1.165, 1.54) is 12.1 Å². The first-order valence-corrected chi connectivity index (χ1v) is 4.44. The van der Waals surface area contributed by atoms with Gasteiger partial charge in [-0.3, -0.25) is 0 Å². The van der Waals surface area contributed by atoms with Gasteiger partial charge in [-0.15, -0.1) is 0 Å². The van der Waals surface area contributed by atoms with Gasteiger partial charge in [0.15, 0.2) is 0 Å². The largest absolute Gasteiger partial charge is 0.463 e. The second-order valence-corrected chi connectivity index (χ2v) is 3.27. The lowest BCUT2D eigenvalue weighted by Crippen LogP contribution is -2.11. The summed E-state index contributed by atoms with van der Waals surface area (Å²) in [6.07, 6.45) is 0.665. The Kier molecular flexibility index (Phi) is 2.35. The van der Waals surface area contributed by atoms with Crippen LogP contribution in [0, 0.1) is 5.82 Å². The minimum atomic E-state index is -0.224. The number of halogens is 1. The highest BCUT2D eigenvalue weighted by atomic mass is 19.1. The van der Waals surface area contributed by atoms with E-state index in [1.807, 2.05) is 6.07 Å². The lowest BCUT2D eigenvalue weighted by Gasteiger charge is -2.04. The molecule has 1 aliphatic rings. The third kappa shape index (κ3) is 2.02. The van der Waals surface area contributed by atoms with E-state index in [0.29, 0.717) is 13.0 Å². The minimum Gasteiger partial charge on any atom is -0.463 e. The molecule has 1 atom stereocenters. The molecule has 14 heavy (non-hydrogen) atoms. The number of hydrogen-bond acceptors (Lipinski definition) is 3. The quantitative estimate of drug-likeness (QED) is 0.765. The molecule has 0 spiro atoms. The molecule has 0 radical (unpaired) electrons. The number of amidine groups is 1. The van der Waals surface area contributed by atoms with Crippen molar-refractivity contribution in [1.82, 2.24) is 0 Å². The Balaban J connectivity index is 2.04. The van der Waals surface area contributed by atoms with Crippen LogP contribution in [0.3, 0.4) is 0 Å². The number of aliphatic imine (C=N–C) groups is 1. The van der Waals surface area contributed by atoms with E-state index < -0.39 is 0 Å². The van der Waals surface area contributed by atoms with Crippen LogP contribution in [-0.4, -0.2) is 18.7 Å². The van der Waals surface area contributed by atoms with Gasteiger partial charge in [0.05, 0.1) is 6.04 Å². The lowest BCUT2D eigenvalue weighted by atomic mass is 10.1. The second-order valence-electron chi connectivity index (χ2n) is 3.27. The van der Waals surface area contributed by atoms with Gasteiger partial charge in [-0.1, -0.05) is 12.1 Å². The minimum absolute atomic E-state index is 0.0248. The van der Waals surface area contributed by atoms with Gasteiger partial charge in [-0.05, 0) is 24.1 Å². The molecular weight excluding hydrogens is 183 g/mol. The van der Waals surface area contributed by atoms with Gasteiger partial charge >= 0.3 is 0 Å². The zero-order valence-electron chi connectivity index (χ0n) is 7.61. The van der Waals surface area contributed by atoms with Crippen LogP contribution in [0.15, 0.2) is 29.3 Å². The van der Waals surface area contributed by atoms with Gasteiger partial charge in [-0.25, -0.2) is 9.38 Å². The fourth-order valence-electron chi connectivity index (χ4n) is 1.48. The van der Waals surface area contributed by atoms with Crippen molar-refractivity contribution in [3.63, 3.8) is 0 Å². The molecule has 0 unspecified atom stereocenters. The Labute approximate surface area is 81.4 Å². The summed E-state index contributed by atoms with van der Waals surface area (Å²) in [4.78, 5) is 4.06. The fraction of sp³-hybridized carbons (Fsp3) is 0.300. The van der Waals surface area contributed by atoms with Gasteiger partial charge in [0, 0.05) is 0 Å². The Bertz CT molecular complexity index is 365. The number of nitrogens with two attached hydrogens (primary N) is 1. The second kappa shape index (κ2) is 3.65. The number of rotatable bonds is 2. The highest BCUT2D eigenvalue weighted by molar-refractivity contribution is 5.73. The summed E-state index contributed by atoms with van der Waals surface area (Å²) in [5.41, 5.74) is 6.28. The van der Waals surface area contributed by atoms with Crippen molar-refractivity contribution in [2.24, 2.45) is 10.7 Å². The molecule has 0 aromatic heterocycles. The molecule has 74 valence electrons. The molecule has 1 aromatic carbocycles. The Morgan fingerprint density at radius 1 is 1.57 bits per heavy atom. The van der Waals surface area contributed by atoms with E-state index in [9.17, 15) is 4.39 Å². The molecule has 0 saturated carbocycles. The summed E-state index contributed by atoms with van der Waals surface area (Å²) >= 11 is 0. The van der Waals surface area contributed by atoms with Crippen LogP contribution in [-0.2, 0) is 11.2 Å². The van der Waals surface area contributed by atoms with Crippen LogP contribution in [0.1, 0.15) is 5.56 Å². The van der Waals surface area contributed by atoms with Crippen molar-refractivity contribution in [2.75, 3.05) is 6.61 Å². The molecule has 4 heteroatoms. The van der Waals surface area contributed by atoms with E-state index in [1.54, 1.807) is 6.07 Å². The van der Waals surface area contributed by atoms with Gasteiger partial charge in [0.2, 0.25) is 0 Å². The molecule has 2 N–H and O–H groups in total. The van der Waals surface area contributed by atoms with E-state index in [0.717, 1.165) is 5.56 Å². The van der Waals surface area contributed by atoms with Crippen molar-refractivity contribution in [3.8, 4) is 0 Å². The monoisotopic (exact) mass is 194 g/mol. The van der Waals surface area contributed by atoms with Gasteiger partial charge in [0.25, 0.3) is 6.02 Å². The maximum absolute atomic E-state index is 12.8. The van der Waals surface area contributed by atoms with Crippen molar-refractivity contribution in [3.05, 3.63) is 35.6 Å². The summed E-state index contributed by atoms with van der Waals surface area (Å²) in [5, 5.41) is 0. The van der Waals surface area contributed by atoms with E-state index in [4.69, 9.17) is 10.5 Å². The van der Waals surface area contributed by atoms with Gasteiger partial charge in [-0.2, -0.15) is 0 Å². The summed E-state index contributed by atoms with van der Waals surface area (Å²) < 4.78 is 17.8. The lowest BCUT2D eigenvalue weighted by molar-refractivity contribution is 0.312. The van der Waals surface area contributed by atoms with Crippen molar-refractivity contribution >= 4 is 6.02 Å². The first-order chi connectivity index (χ1) is 6.74. The molecule has 1 aromatic rings. The first-order valence-electron chi connectivity index (χ1n) is 4.44. The maximum atomic E-state index is 12.8. The van der Waals surface area contributed by atoms with Crippen LogP contribution in [0.5, 0.6) is 0 Å². The molecule has 1 aliphatic heterocycles. The Hall–Kier alpha value is -1.58. The molecule has 0 amide bonds. The van der Waals surface area contributed by atoms with Crippen molar-refractivity contribution < 1.29 is 9.13 Å². The highest BCUT2D eigenvalue weighted by Gasteiger charge is 2.16. The zero-order valence-corrected chi connectivity index (χ0v) is 7.61. The van der Waals surface area contributed by atoms with Crippen LogP contribution >= 0.6 is 0 Å². The van der Waals surface area contributed by atoms with Crippen LogP contribution in [0.2, 0.25) is 0 Å². The summed E-state index contributed by atoms with van der Waals surface area (Å²) in [6.45, 7) is 0.488. The number of ether oxygens (including phenoxy) is 1. The third-order valence-electron chi connectivity index (χ3n) is 2.09. The first kappa shape index (κ1) is 8.99. The molecule has 0 bridgehead atoms. The Morgan fingerprint density at radius 3 is 3.07 bits per heavy atom. The van der Waals surface area contributed by atoms with E-state index in [2.05, 4.69) is 4.99 Å². The SMILES string of the molecule is NC1=N[C@@H](Cc2cccc(F)c2)CO1. The molecular formula is C10H11FN2O. The Morgan fingerprint density at radius 2 is 2.43 bits per heavy atom. The fourth-order valence-corrected chi connectivity index (χ4v) is 1.48. The van der Waals surface area contributed by atoms with E-state index in [-0.39, 0.29) is 17.9 Å². The van der Waals surface area contributed by atoms with Crippen molar-refractivity contribution in [2.45, 2.75) is 12.5 Å². The molecule has 0 saturated heterocycles. The molecule has 2 rings (SSSR count). The molecule has 0 fully saturated rings. The normalized spacial score (nSPS) is 20.4. The molecule has 1 heterocycles. The van der Waals surface area contributed by atoms with Crippen molar-refractivity contribution in [1.29, 1.82) is 0 Å². The highest BCUT2D eigenvalue weighted by Crippen LogP contribution is 2.11. The molecule has 3 nitrogen and oxygen atoms in total. The predicted molar refractivity (Wildman–Crippen MR) is 51.5 cm³/mol. The smallest absolute Gasteiger partial charge is 0.282 e. The van der Waals surface area contributed by atoms with Crippen LogP contribution < -0.4 is 5.73 Å². The maximum Gasteiger partial charge on any atom is 0.282 e. The standard InChI is InChI=1S/C10H11FN2O/c11-8-3-1-2-7(4-8)5-9-6-14-10(12)13-9/h1-4,9H,5-6H2,(H2,12,13)/t9-/m0/s1. The third-order valence-corrected chi connectivity index (χ3v) is 2.09. The predicted octanol–water partition coefficient (Wildman–Crippen LogP) is 1.08. The topological polar surface area (TPSA) is 47.6 Å². The van der Waals surface area contributed by atoms with Crippen LogP contribution in [0.25, 0.3) is 0 Å². The number of benzene rings is 1.